The van der Waals surface area contributed by atoms with Crippen LogP contribution < -0.4 is 22.5 Å². The molecule has 1 aliphatic rings. The average Bonchev–Trinajstić information content (AvgIpc) is 2.54. The Labute approximate surface area is 81.9 Å². The Kier molecular flexibility index (Phi) is 2.12. The van der Waals surface area contributed by atoms with Gasteiger partial charge in [0.15, 0.2) is 0 Å². The summed E-state index contributed by atoms with van der Waals surface area (Å²) in [6.07, 6.45) is 1.02. The largest absolute Gasteiger partial charge is 0.383 e. The Hall–Kier alpha value is -1.56. The van der Waals surface area contributed by atoms with E-state index in [2.05, 4.69) is 15.3 Å². The van der Waals surface area contributed by atoms with Crippen LogP contribution in [0.5, 0.6) is 0 Å². The summed E-state index contributed by atoms with van der Waals surface area (Å²) >= 11 is 0. The SMILES string of the molecule is Nc1nc(N)c([C@H]2CCNC2)c(N)n1. The van der Waals surface area contributed by atoms with Gasteiger partial charge in [-0.1, -0.05) is 0 Å². The molecular formula is C8H14N6. The summed E-state index contributed by atoms with van der Waals surface area (Å²) in [4.78, 5) is 7.83. The minimum absolute atomic E-state index is 0.134. The van der Waals surface area contributed by atoms with E-state index in [4.69, 9.17) is 17.2 Å². The lowest BCUT2D eigenvalue weighted by atomic mass is 9.99. The Morgan fingerprint density at radius 1 is 1.14 bits per heavy atom. The zero-order chi connectivity index (χ0) is 10.1. The number of hydrogen-bond acceptors (Lipinski definition) is 6. The molecule has 6 heteroatoms. The Balaban J connectivity index is 2.40. The van der Waals surface area contributed by atoms with E-state index < -0.39 is 0 Å². The van der Waals surface area contributed by atoms with Crippen molar-refractivity contribution < 1.29 is 0 Å². The lowest BCUT2D eigenvalue weighted by Crippen LogP contribution is -2.14. The second kappa shape index (κ2) is 3.30. The number of rotatable bonds is 1. The number of hydrogen-bond donors (Lipinski definition) is 4. The number of aromatic nitrogens is 2. The molecule has 76 valence electrons. The third-order valence-electron chi connectivity index (χ3n) is 2.49. The van der Waals surface area contributed by atoms with E-state index in [0.717, 1.165) is 25.1 Å². The van der Waals surface area contributed by atoms with Crippen LogP contribution >= 0.6 is 0 Å². The van der Waals surface area contributed by atoms with Gasteiger partial charge in [0.25, 0.3) is 0 Å². The monoisotopic (exact) mass is 194 g/mol. The van der Waals surface area contributed by atoms with Gasteiger partial charge in [0, 0.05) is 18.0 Å². The Morgan fingerprint density at radius 2 is 1.79 bits per heavy atom. The van der Waals surface area contributed by atoms with Crippen molar-refractivity contribution in [1.29, 1.82) is 0 Å². The van der Waals surface area contributed by atoms with Crippen LogP contribution in [0.15, 0.2) is 0 Å². The molecule has 0 unspecified atom stereocenters. The predicted molar refractivity (Wildman–Crippen MR) is 55.5 cm³/mol. The van der Waals surface area contributed by atoms with Gasteiger partial charge in [-0.05, 0) is 13.0 Å². The molecule has 0 amide bonds. The molecule has 0 saturated carbocycles. The molecule has 2 heterocycles. The Morgan fingerprint density at radius 3 is 2.29 bits per heavy atom. The molecule has 0 bridgehead atoms. The van der Waals surface area contributed by atoms with E-state index >= 15 is 0 Å². The number of nitrogens with one attached hydrogen (secondary N) is 1. The predicted octanol–water partition coefficient (Wildman–Crippen LogP) is -0.700. The van der Waals surface area contributed by atoms with Gasteiger partial charge in [-0.3, -0.25) is 0 Å². The quantitative estimate of drug-likeness (QED) is 0.470. The second-order valence-corrected chi connectivity index (χ2v) is 3.46. The molecule has 14 heavy (non-hydrogen) atoms. The fourth-order valence-electron chi connectivity index (χ4n) is 1.84. The molecule has 1 aromatic rings. The van der Waals surface area contributed by atoms with Crippen molar-refractivity contribution in [3.05, 3.63) is 5.56 Å². The maximum atomic E-state index is 5.76. The van der Waals surface area contributed by atoms with Crippen LogP contribution in [-0.2, 0) is 0 Å². The molecule has 1 atom stereocenters. The van der Waals surface area contributed by atoms with Gasteiger partial charge in [-0.15, -0.1) is 0 Å². The van der Waals surface area contributed by atoms with Gasteiger partial charge in [-0.25, -0.2) is 0 Å². The van der Waals surface area contributed by atoms with Crippen LogP contribution in [0.25, 0.3) is 0 Å². The fraction of sp³-hybridized carbons (Fsp3) is 0.500. The molecule has 6 nitrogen and oxygen atoms in total. The van der Waals surface area contributed by atoms with Crippen molar-refractivity contribution >= 4 is 17.6 Å². The van der Waals surface area contributed by atoms with E-state index in [9.17, 15) is 0 Å². The molecule has 0 aliphatic carbocycles. The maximum absolute atomic E-state index is 5.76. The first kappa shape index (κ1) is 9.01. The van der Waals surface area contributed by atoms with Crippen molar-refractivity contribution in [3.63, 3.8) is 0 Å². The lowest BCUT2D eigenvalue weighted by molar-refractivity contribution is 0.760. The Bertz CT molecular complexity index is 321. The molecule has 7 N–H and O–H groups in total. The highest BCUT2D eigenvalue weighted by atomic mass is 15.1. The maximum Gasteiger partial charge on any atom is 0.223 e. The molecule has 1 saturated heterocycles. The second-order valence-electron chi connectivity index (χ2n) is 3.46. The van der Waals surface area contributed by atoms with Gasteiger partial charge in [0.05, 0.1) is 0 Å². The van der Waals surface area contributed by atoms with E-state index in [1.54, 1.807) is 0 Å². The molecule has 0 spiro atoms. The lowest BCUT2D eigenvalue weighted by Gasteiger charge is -2.13. The fourth-order valence-corrected chi connectivity index (χ4v) is 1.84. The van der Waals surface area contributed by atoms with Gasteiger partial charge in [-0.2, -0.15) is 9.97 Å². The first-order valence-electron chi connectivity index (χ1n) is 4.57. The number of anilines is 3. The average molecular weight is 194 g/mol. The van der Waals surface area contributed by atoms with Gasteiger partial charge >= 0.3 is 0 Å². The van der Waals surface area contributed by atoms with E-state index in [0.29, 0.717) is 17.6 Å². The highest BCUT2D eigenvalue weighted by Gasteiger charge is 2.23. The summed E-state index contributed by atoms with van der Waals surface area (Å²) in [7, 11) is 0. The van der Waals surface area contributed by atoms with Crippen LogP contribution in [0, 0.1) is 0 Å². The molecule has 2 rings (SSSR count). The van der Waals surface area contributed by atoms with E-state index in [1.165, 1.54) is 0 Å². The van der Waals surface area contributed by atoms with Crippen LogP contribution in [0.1, 0.15) is 17.9 Å². The summed E-state index contributed by atoms with van der Waals surface area (Å²) in [5.41, 5.74) is 17.8. The minimum atomic E-state index is 0.134. The number of nitrogens with zero attached hydrogens (tertiary/aromatic N) is 2. The van der Waals surface area contributed by atoms with Crippen LogP contribution in [0.4, 0.5) is 17.6 Å². The van der Waals surface area contributed by atoms with E-state index in [-0.39, 0.29) is 5.95 Å². The van der Waals surface area contributed by atoms with Gasteiger partial charge in [0.1, 0.15) is 11.6 Å². The molecule has 1 aromatic heterocycles. The van der Waals surface area contributed by atoms with E-state index in [1.807, 2.05) is 0 Å². The van der Waals surface area contributed by atoms with Crippen molar-refractivity contribution in [2.45, 2.75) is 12.3 Å². The zero-order valence-electron chi connectivity index (χ0n) is 7.83. The van der Waals surface area contributed by atoms with Crippen molar-refractivity contribution in [1.82, 2.24) is 15.3 Å². The third-order valence-corrected chi connectivity index (χ3v) is 2.49. The number of nitrogen functional groups attached to an aromatic ring is 3. The first-order valence-corrected chi connectivity index (χ1v) is 4.57. The molecular weight excluding hydrogens is 180 g/mol. The molecule has 0 radical (unpaired) electrons. The summed E-state index contributed by atoms with van der Waals surface area (Å²) < 4.78 is 0. The highest BCUT2D eigenvalue weighted by molar-refractivity contribution is 5.58. The van der Waals surface area contributed by atoms with Crippen molar-refractivity contribution in [3.8, 4) is 0 Å². The minimum Gasteiger partial charge on any atom is -0.383 e. The van der Waals surface area contributed by atoms with Crippen LogP contribution in [0.3, 0.4) is 0 Å². The topological polar surface area (TPSA) is 116 Å². The first-order chi connectivity index (χ1) is 6.68. The summed E-state index contributed by atoms with van der Waals surface area (Å²) in [6, 6.07) is 0. The standard InChI is InChI=1S/C8H14N6/c9-6-5(4-1-2-12-3-4)7(10)14-8(11)13-6/h4,12H,1-3H2,(H6,9,10,11,13,14)/t4-/m0/s1. The van der Waals surface area contributed by atoms with Crippen LogP contribution in [0.2, 0.25) is 0 Å². The smallest absolute Gasteiger partial charge is 0.223 e. The molecule has 0 aromatic carbocycles. The summed E-state index contributed by atoms with van der Waals surface area (Å²) in [5.74, 6) is 1.26. The van der Waals surface area contributed by atoms with Crippen molar-refractivity contribution in [2.24, 2.45) is 0 Å². The third kappa shape index (κ3) is 1.44. The van der Waals surface area contributed by atoms with Crippen LogP contribution in [-0.4, -0.2) is 23.1 Å². The molecule has 1 fully saturated rings. The summed E-state index contributed by atoms with van der Waals surface area (Å²) in [5, 5.41) is 3.24. The highest BCUT2D eigenvalue weighted by Crippen LogP contribution is 2.30. The van der Waals surface area contributed by atoms with Gasteiger partial charge < -0.3 is 22.5 Å². The normalized spacial score (nSPS) is 21.3. The van der Waals surface area contributed by atoms with Crippen molar-refractivity contribution in [2.75, 3.05) is 30.3 Å². The summed E-state index contributed by atoms with van der Waals surface area (Å²) in [6.45, 7) is 1.86. The van der Waals surface area contributed by atoms with Gasteiger partial charge in [0.2, 0.25) is 5.95 Å². The zero-order valence-corrected chi connectivity index (χ0v) is 7.83. The number of nitrogens with two attached hydrogens (primary N) is 3. The molecule has 1 aliphatic heterocycles.